The Hall–Kier alpha value is -0.0800. The third-order valence-corrected chi connectivity index (χ3v) is 5.07. The van der Waals surface area contributed by atoms with Gasteiger partial charge in [0, 0.05) is 6.04 Å². The first kappa shape index (κ1) is 18.0. The van der Waals surface area contributed by atoms with Crippen molar-refractivity contribution in [3.05, 3.63) is 0 Å². The monoisotopic (exact) mass is 283 g/mol. The molecule has 1 rings (SSSR count). The van der Waals surface area contributed by atoms with E-state index in [0.29, 0.717) is 11.5 Å². The van der Waals surface area contributed by atoms with Crippen molar-refractivity contribution >= 4 is 0 Å². The molecule has 1 N–H and O–H groups in total. The Morgan fingerprint density at radius 3 is 2.00 bits per heavy atom. The lowest BCUT2D eigenvalue weighted by atomic mass is 9.70. The lowest BCUT2D eigenvalue weighted by Gasteiger charge is -2.44. The zero-order valence-electron chi connectivity index (χ0n) is 14.5. The normalized spacial score (nSPS) is 28.1. The lowest BCUT2D eigenvalue weighted by molar-refractivity contribution is -0.0180. The molecule has 0 amide bonds. The maximum absolute atomic E-state index is 10.5. The standard InChI is InChI=1S/C18H37NO/c1-6-8-12-19(13-9-7-2)16-14-15(18(3,4)5)10-11-17(16)20/h15-17,20H,6-14H2,1-5H3. The molecule has 0 aromatic heterocycles. The Morgan fingerprint density at radius 1 is 1.00 bits per heavy atom. The van der Waals surface area contributed by atoms with Crippen LogP contribution in [-0.4, -0.2) is 35.2 Å². The molecule has 0 radical (unpaired) electrons. The Morgan fingerprint density at radius 2 is 1.55 bits per heavy atom. The Bertz CT molecular complexity index is 251. The first-order valence-corrected chi connectivity index (χ1v) is 8.82. The fraction of sp³-hybridized carbons (Fsp3) is 1.00. The third kappa shape index (κ3) is 5.37. The summed E-state index contributed by atoms with van der Waals surface area (Å²) >= 11 is 0. The lowest BCUT2D eigenvalue weighted by Crippen LogP contribution is -2.49. The summed E-state index contributed by atoms with van der Waals surface area (Å²) in [6, 6.07) is 0.395. The predicted octanol–water partition coefficient (Wildman–Crippen LogP) is 4.46. The minimum atomic E-state index is -0.109. The minimum absolute atomic E-state index is 0.109. The van der Waals surface area contributed by atoms with Crippen LogP contribution in [0.1, 0.15) is 79.6 Å². The molecular formula is C18H37NO. The molecule has 1 aliphatic rings. The van der Waals surface area contributed by atoms with Gasteiger partial charge in [-0.15, -0.1) is 0 Å². The summed E-state index contributed by atoms with van der Waals surface area (Å²) in [5.41, 5.74) is 0.375. The summed E-state index contributed by atoms with van der Waals surface area (Å²) < 4.78 is 0. The van der Waals surface area contributed by atoms with Gasteiger partial charge >= 0.3 is 0 Å². The first-order chi connectivity index (χ1) is 9.40. The molecule has 1 fully saturated rings. The van der Waals surface area contributed by atoms with Gasteiger partial charge in [0.15, 0.2) is 0 Å². The molecule has 2 heteroatoms. The van der Waals surface area contributed by atoms with E-state index in [1.54, 1.807) is 0 Å². The highest BCUT2D eigenvalue weighted by Crippen LogP contribution is 2.39. The van der Waals surface area contributed by atoms with Crippen molar-refractivity contribution < 1.29 is 5.11 Å². The van der Waals surface area contributed by atoms with Crippen molar-refractivity contribution in [3.8, 4) is 0 Å². The molecule has 0 bridgehead atoms. The minimum Gasteiger partial charge on any atom is -0.391 e. The highest BCUT2D eigenvalue weighted by molar-refractivity contribution is 4.90. The van der Waals surface area contributed by atoms with E-state index in [1.165, 1.54) is 38.5 Å². The number of aliphatic hydroxyl groups excluding tert-OH is 1. The molecule has 3 atom stereocenters. The van der Waals surface area contributed by atoms with Crippen LogP contribution in [0.3, 0.4) is 0 Å². The van der Waals surface area contributed by atoms with Crippen molar-refractivity contribution in [1.29, 1.82) is 0 Å². The number of aliphatic hydroxyl groups is 1. The van der Waals surface area contributed by atoms with Gasteiger partial charge in [0.05, 0.1) is 6.10 Å². The SMILES string of the molecule is CCCCN(CCCC)C1CC(C(C)(C)C)CCC1O. The average Bonchev–Trinajstić information content (AvgIpc) is 2.39. The quantitative estimate of drug-likeness (QED) is 0.745. The van der Waals surface area contributed by atoms with Gasteiger partial charge < -0.3 is 5.11 Å². The zero-order chi connectivity index (χ0) is 15.2. The zero-order valence-corrected chi connectivity index (χ0v) is 14.5. The molecular weight excluding hydrogens is 246 g/mol. The van der Waals surface area contributed by atoms with Crippen LogP contribution in [-0.2, 0) is 0 Å². The molecule has 0 spiro atoms. The van der Waals surface area contributed by atoms with Gasteiger partial charge in [0.2, 0.25) is 0 Å². The van der Waals surface area contributed by atoms with E-state index in [2.05, 4.69) is 39.5 Å². The molecule has 120 valence electrons. The molecule has 20 heavy (non-hydrogen) atoms. The summed E-state index contributed by atoms with van der Waals surface area (Å²) in [6.45, 7) is 13.9. The summed E-state index contributed by atoms with van der Waals surface area (Å²) in [5, 5.41) is 10.5. The van der Waals surface area contributed by atoms with E-state index in [-0.39, 0.29) is 6.10 Å². The van der Waals surface area contributed by atoms with Gasteiger partial charge in [-0.1, -0.05) is 47.5 Å². The number of hydrogen-bond acceptors (Lipinski definition) is 2. The van der Waals surface area contributed by atoms with Crippen molar-refractivity contribution in [3.63, 3.8) is 0 Å². The van der Waals surface area contributed by atoms with Gasteiger partial charge in [-0.3, -0.25) is 4.90 Å². The molecule has 0 heterocycles. The molecule has 0 aromatic rings. The second-order valence-electron chi connectivity index (χ2n) is 7.75. The van der Waals surface area contributed by atoms with E-state index in [1.807, 2.05) is 0 Å². The van der Waals surface area contributed by atoms with Crippen LogP contribution in [0.25, 0.3) is 0 Å². The predicted molar refractivity (Wildman–Crippen MR) is 88.0 cm³/mol. The molecule has 2 nitrogen and oxygen atoms in total. The number of rotatable bonds is 7. The van der Waals surface area contributed by atoms with Crippen LogP contribution in [0.4, 0.5) is 0 Å². The summed E-state index contributed by atoms with van der Waals surface area (Å²) in [5.74, 6) is 0.752. The van der Waals surface area contributed by atoms with E-state index >= 15 is 0 Å². The topological polar surface area (TPSA) is 23.5 Å². The maximum Gasteiger partial charge on any atom is 0.0695 e. The van der Waals surface area contributed by atoms with Crippen LogP contribution in [0.5, 0.6) is 0 Å². The average molecular weight is 283 g/mol. The van der Waals surface area contributed by atoms with Crippen LogP contribution < -0.4 is 0 Å². The van der Waals surface area contributed by atoms with Gasteiger partial charge in [-0.2, -0.15) is 0 Å². The van der Waals surface area contributed by atoms with Crippen LogP contribution in [0, 0.1) is 11.3 Å². The van der Waals surface area contributed by atoms with Crippen molar-refractivity contribution in [2.24, 2.45) is 11.3 Å². The first-order valence-electron chi connectivity index (χ1n) is 8.82. The summed E-state index contributed by atoms with van der Waals surface area (Å²) in [4.78, 5) is 2.59. The Kier molecular flexibility index (Phi) is 7.53. The highest BCUT2D eigenvalue weighted by Gasteiger charge is 2.37. The van der Waals surface area contributed by atoms with E-state index in [0.717, 1.165) is 25.4 Å². The molecule has 1 saturated carbocycles. The smallest absolute Gasteiger partial charge is 0.0695 e. The summed E-state index contributed by atoms with van der Waals surface area (Å²) in [6.07, 6.45) is 8.25. The molecule has 1 aliphatic carbocycles. The summed E-state index contributed by atoms with van der Waals surface area (Å²) in [7, 11) is 0. The molecule has 0 aliphatic heterocycles. The van der Waals surface area contributed by atoms with Gasteiger partial charge in [-0.05, 0) is 56.5 Å². The number of nitrogens with zero attached hydrogens (tertiary/aromatic N) is 1. The van der Waals surface area contributed by atoms with Crippen LogP contribution >= 0.6 is 0 Å². The number of unbranched alkanes of at least 4 members (excludes halogenated alkanes) is 2. The van der Waals surface area contributed by atoms with E-state index in [9.17, 15) is 5.11 Å². The van der Waals surface area contributed by atoms with Crippen molar-refractivity contribution in [1.82, 2.24) is 4.90 Å². The van der Waals surface area contributed by atoms with Gasteiger partial charge in [0.25, 0.3) is 0 Å². The van der Waals surface area contributed by atoms with Gasteiger partial charge in [-0.25, -0.2) is 0 Å². The largest absolute Gasteiger partial charge is 0.391 e. The highest BCUT2D eigenvalue weighted by atomic mass is 16.3. The van der Waals surface area contributed by atoms with Gasteiger partial charge in [0.1, 0.15) is 0 Å². The molecule has 3 unspecified atom stereocenters. The van der Waals surface area contributed by atoms with Crippen LogP contribution in [0.2, 0.25) is 0 Å². The fourth-order valence-electron chi connectivity index (χ4n) is 3.48. The third-order valence-electron chi connectivity index (χ3n) is 5.07. The fourth-order valence-corrected chi connectivity index (χ4v) is 3.48. The van der Waals surface area contributed by atoms with Crippen molar-refractivity contribution in [2.45, 2.75) is 91.7 Å². The van der Waals surface area contributed by atoms with Crippen LogP contribution in [0.15, 0.2) is 0 Å². The maximum atomic E-state index is 10.5. The second-order valence-corrected chi connectivity index (χ2v) is 7.75. The van der Waals surface area contributed by atoms with E-state index in [4.69, 9.17) is 0 Å². The van der Waals surface area contributed by atoms with Crippen molar-refractivity contribution in [2.75, 3.05) is 13.1 Å². The number of hydrogen-bond donors (Lipinski definition) is 1. The second kappa shape index (κ2) is 8.38. The Balaban J connectivity index is 2.69. The van der Waals surface area contributed by atoms with E-state index < -0.39 is 0 Å². The Labute approximate surface area is 126 Å². The molecule has 0 saturated heterocycles. The molecule has 0 aromatic carbocycles.